The van der Waals surface area contributed by atoms with Crippen LogP contribution in [0.15, 0.2) is 41.4 Å². The van der Waals surface area contributed by atoms with Crippen molar-refractivity contribution in [3.05, 3.63) is 41.3 Å². The van der Waals surface area contributed by atoms with Gasteiger partial charge in [0.15, 0.2) is 0 Å². The summed E-state index contributed by atoms with van der Waals surface area (Å²) >= 11 is 1.53. The van der Waals surface area contributed by atoms with Crippen molar-refractivity contribution in [2.24, 2.45) is 4.99 Å². The molecule has 5 nitrogen and oxygen atoms in total. The topological polar surface area (TPSA) is 83.4 Å². The Labute approximate surface area is 127 Å². The van der Waals surface area contributed by atoms with Crippen LogP contribution in [0.1, 0.15) is 18.2 Å². The molecule has 0 unspecified atom stereocenters. The number of amidine groups is 1. The largest absolute Gasteiger partial charge is 0.425 e. The molecule has 0 amide bonds. The highest BCUT2D eigenvalue weighted by atomic mass is 32.1. The van der Waals surface area contributed by atoms with Gasteiger partial charge in [-0.25, -0.2) is 0 Å². The third kappa shape index (κ3) is 4.23. The van der Waals surface area contributed by atoms with Crippen LogP contribution in [0.4, 0.5) is 10.7 Å². The number of aliphatic imine (C=N–C) groups is 1. The average Bonchev–Trinajstić information content (AvgIpc) is 2.81. The molecule has 0 radical (unpaired) electrons. The van der Waals surface area contributed by atoms with Crippen LogP contribution in [0.3, 0.4) is 0 Å². The Morgan fingerprint density at radius 3 is 2.86 bits per heavy atom. The number of nitrogens with two attached hydrogens (primary N) is 1. The van der Waals surface area contributed by atoms with Crippen LogP contribution in [-0.2, 0) is 6.42 Å². The molecule has 1 aromatic carbocycles. The highest BCUT2D eigenvalue weighted by Crippen LogP contribution is 2.30. The number of hydrogen-bond donors (Lipinski definition) is 2. The summed E-state index contributed by atoms with van der Waals surface area (Å²) < 4.78 is 5.55. The monoisotopic (exact) mass is 300 g/mol. The summed E-state index contributed by atoms with van der Waals surface area (Å²) in [5, 5.41) is 12.4. The van der Waals surface area contributed by atoms with Crippen molar-refractivity contribution in [1.82, 2.24) is 0 Å². The fourth-order valence-electron chi connectivity index (χ4n) is 1.76. The molecule has 0 atom stereocenters. The highest BCUT2D eigenvalue weighted by molar-refractivity contribution is 7.16. The SMILES string of the molecule is CCCc1cc(NC(=NC#N)Oc2ccccc2)c(N)s1. The van der Waals surface area contributed by atoms with E-state index in [1.165, 1.54) is 16.2 Å². The van der Waals surface area contributed by atoms with Crippen LogP contribution in [0, 0.1) is 11.5 Å². The van der Waals surface area contributed by atoms with Crippen LogP contribution in [0.25, 0.3) is 0 Å². The lowest BCUT2D eigenvalue weighted by Crippen LogP contribution is -2.19. The van der Waals surface area contributed by atoms with Gasteiger partial charge in [0.25, 0.3) is 0 Å². The van der Waals surface area contributed by atoms with E-state index in [0.29, 0.717) is 16.4 Å². The van der Waals surface area contributed by atoms with Gasteiger partial charge >= 0.3 is 6.02 Å². The lowest BCUT2D eigenvalue weighted by atomic mass is 10.3. The number of rotatable bonds is 4. The predicted octanol–water partition coefficient (Wildman–Crippen LogP) is 3.61. The Hall–Kier alpha value is -2.52. The maximum absolute atomic E-state index is 8.77. The Morgan fingerprint density at radius 2 is 2.19 bits per heavy atom. The zero-order valence-electron chi connectivity index (χ0n) is 11.7. The van der Waals surface area contributed by atoms with Crippen molar-refractivity contribution >= 4 is 28.0 Å². The molecule has 2 aromatic rings. The lowest BCUT2D eigenvalue weighted by Gasteiger charge is -2.09. The fourth-order valence-corrected chi connectivity index (χ4v) is 2.75. The zero-order valence-corrected chi connectivity index (χ0v) is 12.5. The van der Waals surface area contributed by atoms with E-state index in [1.807, 2.05) is 24.3 Å². The van der Waals surface area contributed by atoms with Gasteiger partial charge in [-0.1, -0.05) is 31.5 Å². The summed E-state index contributed by atoms with van der Waals surface area (Å²) in [6.45, 7) is 2.12. The lowest BCUT2D eigenvalue weighted by molar-refractivity contribution is 0.549. The molecule has 2 rings (SSSR count). The molecule has 1 aromatic heterocycles. The number of hydrogen-bond acceptors (Lipinski definition) is 5. The van der Waals surface area contributed by atoms with E-state index in [-0.39, 0.29) is 6.02 Å². The molecule has 0 saturated heterocycles. The Morgan fingerprint density at radius 1 is 1.43 bits per heavy atom. The number of nitrogens with one attached hydrogen (secondary N) is 1. The second kappa shape index (κ2) is 7.31. The number of nitriles is 1. The number of aryl methyl sites for hydroxylation is 1. The molecule has 0 aliphatic rings. The number of ether oxygens (including phenoxy) is 1. The number of benzene rings is 1. The normalized spacial score (nSPS) is 11.0. The second-order valence-corrected chi connectivity index (χ2v) is 5.47. The Bertz CT molecular complexity index is 658. The molecule has 0 spiro atoms. The molecule has 3 N–H and O–H groups in total. The maximum atomic E-state index is 8.77. The molecule has 0 fully saturated rings. The van der Waals surface area contributed by atoms with Crippen LogP contribution >= 0.6 is 11.3 Å². The number of anilines is 2. The summed E-state index contributed by atoms with van der Waals surface area (Å²) in [4.78, 5) is 4.84. The quantitative estimate of drug-likeness (QED) is 0.513. The number of nitrogen functional groups attached to an aromatic ring is 1. The van der Waals surface area contributed by atoms with E-state index in [4.69, 9.17) is 15.7 Å². The van der Waals surface area contributed by atoms with Gasteiger partial charge in [-0.3, -0.25) is 0 Å². The minimum atomic E-state index is 0.108. The summed E-state index contributed by atoms with van der Waals surface area (Å²) in [5.41, 5.74) is 6.69. The first-order valence-electron chi connectivity index (χ1n) is 6.57. The first kappa shape index (κ1) is 14.9. The maximum Gasteiger partial charge on any atom is 0.310 e. The highest BCUT2D eigenvalue weighted by Gasteiger charge is 2.10. The smallest absolute Gasteiger partial charge is 0.310 e. The van der Waals surface area contributed by atoms with E-state index in [1.54, 1.807) is 18.3 Å². The average molecular weight is 300 g/mol. The summed E-state index contributed by atoms with van der Waals surface area (Å²) in [6, 6.07) is 11.2. The molecule has 6 heteroatoms. The van der Waals surface area contributed by atoms with Crippen LogP contribution in [0.5, 0.6) is 5.75 Å². The zero-order chi connectivity index (χ0) is 15.1. The summed E-state index contributed by atoms with van der Waals surface area (Å²) in [6.07, 6.45) is 3.75. The van der Waals surface area contributed by atoms with Gasteiger partial charge < -0.3 is 15.8 Å². The van der Waals surface area contributed by atoms with Crippen LogP contribution < -0.4 is 15.8 Å². The molecule has 1 heterocycles. The number of para-hydroxylation sites is 1. The molecule has 0 aliphatic carbocycles. The Kier molecular flexibility index (Phi) is 5.18. The molecular formula is C15H16N4OS. The van der Waals surface area contributed by atoms with Gasteiger partial charge in [0.2, 0.25) is 6.19 Å². The number of nitrogens with zero attached hydrogens (tertiary/aromatic N) is 2. The number of thiophene rings is 1. The van der Waals surface area contributed by atoms with Gasteiger partial charge in [0.05, 0.1) is 5.69 Å². The van der Waals surface area contributed by atoms with Gasteiger partial charge in [-0.2, -0.15) is 5.26 Å². The van der Waals surface area contributed by atoms with Gasteiger partial charge in [0, 0.05) is 4.88 Å². The Balaban J connectivity index is 2.14. The van der Waals surface area contributed by atoms with Gasteiger partial charge in [-0.15, -0.1) is 16.3 Å². The predicted molar refractivity (Wildman–Crippen MR) is 86.5 cm³/mol. The van der Waals surface area contributed by atoms with Crippen molar-refractivity contribution < 1.29 is 4.74 Å². The summed E-state index contributed by atoms with van der Waals surface area (Å²) in [5.74, 6) is 0.599. The molecule has 0 aliphatic heterocycles. The van der Waals surface area contributed by atoms with Crippen molar-refractivity contribution in [2.75, 3.05) is 11.1 Å². The molecule has 21 heavy (non-hydrogen) atoms. The van der Waals surface area contributed by atoms with Crippen molar-refractivity contribution in [2.45, 2.75) is 19.8 Å². The standard InChI is InChI=1S/C15H16N4OS/c1-2-6-12-9-13(14(17)21-12)19-15(18-10-16)20-11-7-4-3-5-8-11/h3-5,7-9H,2,6,17H2,1H3,(H,18,19). The third-order valence-corrected chi connectivity index (χ3v) is 3.68. The van der Waals surface area contributed by atoms with Crippen molar-refractivity contribution in [1.29, 1.82) is 5.26 Å². The van der Waals surface area contributed by atoms with Crippen molar-refractivity contribution in [3.8, 4) is 11.9 Å². The van der Waals surface area contributed by atoms with Gasteiger partial charge in [0.1, 0.15) is 10.8 Å². The van der Waals surface area contributed by atoms with Crippen LogP contribution in [-0.4, -0.2) is 6.02 Å². The second-order valence-electron chi connectivity index (χ2n) is 4.30. The van der Waals surface area contributed by atoms with Crippen LogP contribution in [0.2, 0.25) is 0 Å². The third-order valence-electron chi connectivity index (χ3n) is 2.66. The molecule has 0 bridgehead atoms. The molecule has 0 saturated carbocycles. The molecule has 108 valence electrons. The minimum Gasteiger partial charge on any atom is -0.425 e. The molecular weight excluding hydrogens is 284 g/mol. The summed E-state index contributed by atoms with van der Waals surface area (Å²) in [7, 11) is 0. The van der Waals surface area contributed by atoms with Gasteiger partial charge in [-0.05, 0) is 24.6 Å². The van der Waals surface area contributed by atoms with E-state index in [9.17, 15) is 0 Å². The minimum absolute atomic E-state index is 0.108. The fraction of sp³-hybridized carbons (Fsp3) is 0.200. The van der Waals surface area contributed by atoms with E-state index >= 15 is 0 Å². The van der Waals surface area contributed by atoms with E-state index in [0.717, 1.165) is 12.8 Å². The van der Waals surface area contributed by atoms with Crippen molar-refractivity contribution in [3.63, 3.8) is 0 Å². The van der Waals surface area contributed by atoms with E-state index in [2.05, 4.69) is 17.2 Å². The first-order valence-corrected chi connectivity index (χ1v) is 7.39. The van der Waals surface area contributed by atoms with E-state index < -0.39 is 0 Å². The first-order chi connectivity index (χ1) is 10.2.